The summed E-state index contributed by atoms with van der Waals surface area (Å²) in [6.07, 6.45) is -2.92. The van der Waals surface area contributed by atoms with E-state index in [1.54, 1.807) is 0 Å². The summed E-state index contributed by atoms with van der Waals surface area (Å²) >= 11 is 5.18. The first kappa shape index (κ1) is 11.3. The van der Waals surface area contributed by atoms with Crippen molar-refractivity contribution >= 4 is 11.6 Å². The maximum atomic E-state index is 13.1. The molecule has 78 valence electrons. The number of rotatable bonds is 2. The molecule has 0 saturated heterocycles. The van der Waals surface area contributed by atoms with Crippen LogP contribution in [0, 0.1) is 11.6 Å². The number of alkyl halides is 2. The van der Waals surface area contributed by atoms with Crippen molar-refractivity contribution in [2.24, 2.45) is 5.73 Å². The van der Waals surface area contributed by atoms with Crippen LogP contribution in [0.3, 0.4) is 0 Å². The van der Waals surface area contributed by atoms with E-state index in [1.807, 2.05) is 0 Å². The third kappa shape index (κ3) is 1.99. The lowest BCUT2D eigenvalue weighted by atomic mass is 10.1. The molecule has 0 spiro atoms. The molecule has 0 fully saturated rings. The lowest BCUT2D eigenvalue weighted by Gasteiger charge is -2.12. The van der Waals surface area contributed by atoms with Gasteiger partial charge in [0.15, 0.2) is 0 Å². The van der Waals surface area contributed by atoms with Crippen LogP contribution in [0.2, 0.25) is 5.02 Å². The molecule has 0 saturated carbocycles. The average Bonchev–Trinajstić information content (AvgIpc) is 2.13. The van der Waals surface area contributed by atoms with Gasteiger partial charge in [-0.15, -0.1) is 0 Å². The zero-order chi connectivity index (χ0) is 10.9. The van der Waals surface area contributed by atoms with Crippen molar-refractivity contribution in [3.8, 4) is 0 Å². The van der Waals surface area contributed by atoms with Gasteiger partial charge in [0.25, 0.3) is 6.43 Å². The van der Waals surface area contributed by atoms with E-state index in [0.29, 0.717) is 0 Å². The third-order valence-electron chi connectivity index (χ3n) is 1.70. The standard InChI is InChI=1S/C8H6ClF4N/c9-5-4(10)2-1-3(6(5)11)7(14)8(12)13/h1-2,7-8H,14H2. The minimum atomic E-state index is -2.92. The predicted molar refractivity (Wildman–Crippen MR) is 44.3 cm³/mol. The average molecular weight is 228 g/mol. The van der Waals surface area contributed by atoms with Gasteiger partial charge in [0.1, 0.15) is 16.7 Å². The van der Waals surface area contributed by atoms with Gasteiger partial charge in [-0.3, -0.25) is 0 Å². The van der Waals surface area contributed by atoms with Crippen LogP contribution in [-0.2, 0) is 0 Å². The topological polar surface area (TPSA) is 26.0 Å². The molecule has 1 unspecified atom stereocenters. The van der Waals surface area contributed by atoms with Crippen LogP contribution >= 0.6 is 11.6 Å². The summed E-state index contributed by atoms with van der Waals surface area (Å²) in [5.74, 6) is -2.24. The van der Waals surface area contributed by atoms with Crippen LogP contribution in [-0.4, -0.2) is 6.43 Å². The predicted octanol–water partition coefficient (Wildman–Crippen LogP) is 2.88. The van der Waals surface area contributed by atoms with Crippen LogP contribution in [0.15, 0.2) is 12.1 Å². The van der Waals surface area contributed by atoms with Gasteiger partial charge >= 0.3 is 0 Å². The number of hydrogen-bond donors (Lipinski definition) is 1. The van der Waals surface area contributed by atoms with Crippen LogP contribution in [0.5, 0.6) is 0 Å². The molecule has 0 aliphatic rings. The highest BCUT2D eigenvalue weighted by Crippen LogP contribution is 2.27. The van der Waals surface area contributed by atoms with E-state index in [9.17, 15) is 17.6 Å². The Hall–Kier alpha value is -0.810. The van der Waals surface area contributed by atoms with Crippen LogP contribution < -0.4 is 5.73 Å². The first-order valence-electron chi connectivity index (χ1n) is 3.62. The zero-order valence-electron chi connectivity index (χ0n) is 6.78. The van der Waals surface area contributed by atoms with Crippen molar-refractivity contribution in [1.29, 1.82) is 0 Å². The smallest absolute Gasteiger partial charge is 0.257 e. The fourth-order valence-electron chi connectivity index (χ4n) is 0.934. The summed E-state index contributed by atoms with van der Waals surface area (Å²) in [5, 5.41) is -0.821. The van der Waals surface area contributed by atoms with Crippen molar-refractivity contribution in [3.63, 3.8) is 0 Å². The summed E-state index contributed by atoms with van der Waals surface area (Å²) in [6.45, 7) is 0. The third-order valence-corrected chi connectivity index (χ3v) is 2.04. The van der Waals surface area contributed by atoms with Crippen LogP contribution in [0.25, 0.3) is 0 Å². The number of hydrogen-bond acceptors (Lipinski definition) is 1. The van der Waals surface area contributed by atoms with Crippen molar-refractivity contribution in [2.75, 3.05) is 0 Å². The van der Waals surface area contributed by atoms with Gasteiger partial charge in [0.05, 0.1) is 6.04 Å². The molecule has 1 rings (SSSR count). The van der Waals surface area contributed by atoms with Crippen molar-refractivity contribution < 1.29 is 17.6 Å². The van der Waals surface area contributed by atoms with E-state index < -0.39 is 34.7 Å². The molecule has 0 amide bonds. The molecule has 0 aliphatic carbocycles. The van der Waals surface area contributed by atoms with E-state index in [4.69, 9.17) is 17.3 Å². The Bertz CT molecular complexity index is 342. The monoisotopic (exact) mass is 227 g/mol. The number of nitrogens with two attached hydrogens (primary N) is 1. The Morgan fingerprint density at radius 1 is 1.21 bits per heavy atom. The maximum Gasteiger partial charge on any atom is 0.257 e. The van der Waals surface area contributed by atoms with E-state index >= 15 is 0 Å². The van der Waals surface area contributed by atoms with Gasteiger partial charge in [-0.05, 0) is 6.07 Å². The Balaban J connectivity index is 3.17. The van der Waals surface area contributed by atoms with Crippen LogP contribution in [0.4, 0.5) is 17.6 Å². The number of benzene rings is 1. The molecule has 1 atom stereocenters. The second kappa shape index (κ2) is 4.14. The molecular weight excluding hydrogens is 222 g/mol. The molecule has 0 heterocycles. The van der Waals surface area contributed by atoms with E-state index in [1.165, 1.54) is 0 Å². The van der Waals surface area contributed by atoms with Crippen molar-refractivity contribution in [2.45, 2.75) is 12.5 Å². The quantitative estimate of drug-likeness (QED) is 0.610. The maximum absolute atomic E-state index is 13.1. The molecule has 1 aromatic rings. The largest absolute Gasteiger partial charge is 0.319 e. The highest BCUT2D eigenvalue weighted by molar-refractivity contribution is 6.30. The lowest BCUT2D eigenvalue weighted by Crippen LogP contribution is -2.20. The van der Waals surface area contributed by atoms with Gasteiger partial charge in [-0.2, -0.15) is 0 Å². The minimum Gasteiger partial charge on any atom is -0.319 e. The first-order chi connectivity index (χ1) is 6.45. The van der Waals surface area contributed by atoms with Gasteiger partial charge in [-0.1, -0.05) is 17.7 Å². The molecule has 0 aromatic heterocycles. The van der Waals surface area contributed by atoms with E-state index in [2.05, 4.69) is 0 Å². The van der Waals surface area contributed by atoms with E-state index in [-0.39, 0.29) is 0 Å². The molecule has 1 aromatic carbocycles. The minimum absolute atomic E-state index is 0.494. The Morgan fingerprint density at radius 3 is 2.29 bits per heavy atom. The summed E-state index contributed by atoms with van der Waals surface area (Å²) in [6, 6.07) is -0.149. The molecular formula is C8H6ClF4N. The summed E-state index contributed by atoms with van der Waals surface area (Å²) in [7, 11) is 0. The van der Waals surface area contributed by atoms with Gasteiger partial charge in [-0.25, -0.2) is 17.6 Å². The Morgan fingerprint density at radius 2 is 1.79 bits per heavy atom. The van der Waals surface area contributed by atoms with E-state index in [0.717, 1.165) is 12.1 Å². The molecule has 0 aliphatic heterocycles. The first-order valence-corrected chi connectivity index (χ1v) is 4.00. The van der Waals surface area contributed by atoms with Crippen molar-refractivity contribution in [1.82, 2.24) is 0 Å². The fourth-order valence-corrected chi connectivity index (χ4v) is 1.11. The normalized spacial score (nSPS) is 13.4. The van der Waals surface area contributed by atoms with Crippen molar-refractivity contribution in [3.05, 3.63) is 34.4 Å². The molecule has 0 radical (unpaired) electrons. The Labute approximate surface area is 82.5 Å². The zero-order valence-corrected chi connectivity index (χ0v) is 7.53. The SMILES string of the molecule is NC(c1ccc(F)c(Cl)c1F)C(F)F. The number of halogens is 5. The second-order valence-electron chi connectivity index (χ2n) is 2.62. The fraction of sp³-hybridized carbons (Fsp3) is 0.250. The Kier molecular flexibility index (Phi) is 3.34. The van der Waals surface area contributed by atoms with Gasteiger partial charge in [0, 0.05) is 5.56 Å². The van der Waals surface area contributed by atoms with Gasteiger partial charge < -0.3 is 5.73 Å². The molecule has 2 N–H and O–H groups in total. The summed E-state index contributed by atoms with van der Waals surface area (Å²) in [4.78, 5) is 0. The summed E-state index contributed by atoms with van der Waals surface area (Å²) in [5.41, 5.74) is 4.49. The van der Waals surface area contributed by atoms with Gasteiger partial charge in [0.2, 0.25) is 0 Å². The highest BCUT2D eigenvalue weighted by Gasteiger charge is 2.23. The van der Waals surface area contributed by atoms with Crippen LogP contribution in [0.1, 0.15) is 11.6 Å². The molecule has 0 bridgehead atoms. The highest BCUT2D eigenvalue weighted by atomic mass is 35.5. The lowest BCUT2D eigenvalue weighted by molar-refractivity contribution is 0.114. The molecule has 1 nitrogen and oxygen atoms in total. The molecule has 6 heteroatoms. The second-order valence-corrected chi connectivity index (χ2v) is 3.00. The summed E-state index contributed by atoms with van der Waals surface area (Å²) < 4.78 is 49.9. The molecule has 14 heavy (non-hydrogen) atoms.